The van der Waals surface area contributed by atoms with Crippen LogP contribution < -0.4 is 5.32 Å². The van der Waals surface area contributed by atoms with E-state index < -0.39 is 11.5 Å². The fraction of sp³-hybridized carbons (Fsp3) is 0.600. The van der Waals surface area contributed by atoms with Gasteiger partial charge in [-0.25, -0.2) is 4.79 Å². The number of carboxylic acid groups (broad SMARTS) is 1. The summed E-state index contributed by atoms with van der Waals surface area (Å²) in [6.45, 7) is 3.71. The van der Waals surface area contributed by atoms with Crippen molar-refractivity contribution in [3.63, 3.8) is 0 Å². The molecule has 0 spiro atoms. The van der Waals surface area contributed by atoms with Crippen LogP contribution in [0.5, 0.6) is 0 Å². The Morgan fingerprint density at radius 1 is 1.60 bits per heavy atom. The number of anilines is 1. The second kappa shape index (κ2) is 4.33. The number of aryl methyl sites for hydroxylation is 1. The number of aliphatic carboxylic acids is 1. The molecule has 1 aromatic rings. The van der Waals surface area contributed by atoms with E-state index in [4.69, 9.17) is 0 Å². The predicted octanol–water partition coefficient (Wildman–Crippen LogP) is 1.48. The molecule has 84 valence electrons. The van der Waals surface area contributed by atoms with Gasteiger partial charge in [0.2, 0.25) is 0 Å². The molecule has 0 aliphatic carbocycles. The van der Waals surface area contributed by atoms with Gasteiger partial charge in [-0.2, -0.15) is 5.10 Å². The Bertz CT molecular complexity index is 342. The molecule has 2 N–H and O–H groups in total. The fourth-order valence-electron chi connectivity index (χ4n) is 1.51. The van der Waals surface area contributed by atoms with Crippen LogP contribution >= 0.6 is 0 Å². The van der Waals surface area contributed by atoms with Gasteiger partial charge >= 0.3 is 5.97 Å². The Morgan fingerprint density at radius 3 is 2.53 bits per heavy atom. The molecule has 1 heterocycles. The lowest BCUT2D eigenvalue weighted by atomic mass is 9.93. The summed E-state index contributed by atoms with van der Waals surface area (Å²) in [5.41, 5.74) is -0.908. The standard InChI is InChI=1S/C10H17N3O2/c1-4-10(5-2,9(14)15)11-8-6-7-13(3)12-8/h6-7H,4-5H2,1-3H3,(H,11,12)(H,14,15). The van der Waals surface area contributed by atoms with Crippen molar-refractivity contribution in [2.45, 2.75) is 32.2 Å². The van der Waals surface area contributed by atoms with Gasteiger partial charge in [-0.05, 0) is 12.8 Å². The largest absolute Gasteiger partial charge is 0.480 e. The van der Waals surface area contributed by atoms with Crippen LogP contribution in [0, 0.1) is 0 Å². The third-order valence-corrected chi connectivity index (χ3v) is 2.70. The maximum absolute atomic E-state index is 11.2. The lowest BCUT2D eigenvalue weighted by Gasteiger charge is -2.27. The highest BCUT2D eigenvalue weighted by atomic mass is 16.4. The highest BCUT2D eigenvalue weighted by Gasteiger charge is 2.35. The van der Waals surface area contributed by atoms with Crippen LogP contribution in [0.2, 0.25) is 0 Å². The van der Waals surface area contributed by atoms with Gasteiger partial charge < -0.3 is 10.4 Å². The van der Waals surface area contributed by atoms with E-state index in [9.17, 15) is 9.90 Å². The number of aromatic nitrogens is 2. The summed E-state index contributed by atoms with van der Waals surface area (Å²) in [4.78, 5) is 11.2. The summed E-state index contributed by atoms with van der Waals surface area (Å²) >= 11 is 0. The van der Waals surface area contributed by atoms with Crippen molar-refractivity contribution in [1.29, 1.82) is 0 Å². The van der Waals surface area contributed by atoms with Crippen LogP contribution in [0.1, 0.15) is 26.7 Å². The first-order valence-corrected chi connectivity index (χ1v) is 5.05. The Hall–Kier alpha value is -1.52. The van der Waals surface area contributed by atoms with Crippen LogP contribution in [-0.4, -0.2) is 26.4 Å². The van der Waals surface area contributed by atoms with Gasteiger partial charge in [-0.3, -0.25) is 4.68 Å². The number of hydrogen-bond donors (Lipinski definition) is 2. The van der Waals surface area contributed by atoms with E-state index in [1.54, 1.807) is 24.0 Å². The van der Waals surface area contributed by atoms with Gasteiger partial charge in [-0.1, -0.05) is 13.8 Å². The molecule has 15 heavy (non-hydrogen) atoms. The zero-order valence-corrected chi connectivity index (χ0v) is 9.32. The smallest absolute Gasteiger partial charge is 0.329 e. The minimum absolute atomic E-state index is 0.523. The second-order valence-electron chi connectivity index (χ2n) is 3.59. The summed E-state index contributed by atoms with van der Waals surface area (Å²) in [6.07, 6.45) is 2.82. The maximum atomic E-state index is 11.2. The molecule has 1 rings (SSSR count). The van der Waals surface area contributed by atoms with E-state index >= 15 is 0 Å². The Labute approximate surface area is 89.1 Å². The second-order valence-corrected chi connectivity index (χ2v) is 3.59. The summed E-state index contributed by atoms with van der Waals surface area (Å²) in [7, 11) is 1.80. The molecule has 0 aliphatic heterocycles. The van der Waals surface area contributed by atoms with E-state index in [1.807, 2.05) is 13.8 Å². The lowest BCUT2D eigenvalue weighted by molar-refractivity contribution is -0.142. The van der Waals surface area contributed by atoms with E-state index in [-0.39, 0.29) is 0 Å². The quantitative estimate of drug-likeness (QED) is 0.774. The fourth-order valence-corrected chi connectivity index (χ4v) is 1.51. The minimum atomic E-state index is -0.908. The van der Waals surface area contributed by atoms with Crippen molar-refractivity contribution in [3.8, 4) is 0 Å². The molecule has 0 aliphatic rings. The van der Waals surface area contributed by atoms with Crippen molar-refractivity contribution < 1.29 is 9.90 Å². The van der Waals surface area contributed by atoms with Crippen molar-refractivity contribution in [1.82, 2.24) is 9.78 Å². The molecule has 0 aromatic carbocycles. The molecule has 0 radical (unpaired) electrons. The number of carbonyl (C=O) groups is 1. The average molecular weight is 211 g/mol. The van der Waals surface area contributed by atoms with Crippen LogP contribution in [-0.2, 0) is 11.8 Å². The third-order valence-electron chi connectivity index (χ3n) is 2.70. The van der Waals surface area contributed by atoms with Crippen LogP contribution in [0.25, 0.3) is 0 Å². The first-order chi connectivity index (χ1) is 7.04. The zero-order chi connectivity index (χ0) is 11.5. The molecular weight excluding hydrogens is 194 g/mol. The number of carboxylic acids is 1. The van der Waals surface area contributed by atoms with Gasteiger partial charge in [0.15, 0.2) is 0 Å². The Balaban J connectivity index is 2.88. The van der Waals surface area contributed by atoms with Crippen LogP contribution in [0.15, 0.2) is 12.3 Å². The number of nitrogens with zero attached hydrogens (tertiary/aromatic N) is 2. The van der Waals surface area contributed by atoms with Gasteiger partial charge in [-0.15, -0.1) is 0 Å². The van der Waals surface area contributed by atoms with Crippen molar-refractivity contribution in [2.75, 3.05) is 5.32 Å². The number of hydrogen-bond acceptors (Lipinski definition) is 3. The maximum Gasteiger partial charge on any atom is 0.329 e. The average Bonchev–Trinajstić information content (AvgIpc) is 2.60. The lowest BCUT2D eigenvalue weighted by Crippen LogP contribution is -2.45. The molecule has 0 fully saturated rings. The summed E-state index contributed by atoms with van der Waals surface area (Å²) in [5.74, 6) is -0.234. The topological polar surface area (TPSA) is 67.2 Å². The van der Waals surface area contributed by atoms with Crippen LogP contribution in [0.3, 0.4) is 0 Å². The molecular formula is C10H17N3O2. The molecule has 5 nitrogen and oxygen atoms in total. The van der Waals surface area contributed by atoms with Crippen molar-refractivity contribution >= 4 is 11.8 Å². The van der Waals surface area contributed by atoms with Gasteiger partial charge in [0, 0.05) is 19.3 Å². The normalized spacial score (nSPS) is 11.4. The molecule has 0 saturated carbocycles. The number of nitrogens with one attached hydrogen (secondary N) is 1. The zero-order valence-electron chi connectivity index (χ0n) is 9.32. The molecule has 1 aromatic heterocycles. The monoisotopic (exact) mass is 211 g/mol. The van der Waals surface area contributed by atoms with Gasteiger partial charge in [0.25, 0.3) is 0 Å². The first-order valence-electron chi connectivity index (χ1n) is 5.05. The van der Waals surface area contributed by atoms with E-state index in [0.717, 1.165) is 0 Å². The molecule has 0 atom stereocenters. The summed E-state index contributed by atoms with van der Waals surface area (Å²) < 4.78 is 1.64. The highest BCUT2D eigenvalue weighted by molar-refractivity contribution is 5.82. The molecule has 0 saturated heterocycles. The third kappa shape index (κ3) is 2.29. The SMILES string of the molecule is CCC(CC)(Nc1ccn(C)n1)C(=O)O. The van der Waals surface area contributed by atoms with Gasteiger partial charge in [0.1, 0.15) is 11.4 Å². The summed E-state index contributed by atoms with van der Waals surface area (Å²) in [5, 5.41) is 16.3. The van der Waals surface area contributed by atoms with E-state index in [2.05, 4.69) is 10.4 Å². The van der Waals surface area contributed by atoms with E-state index in [0.29, 0.717) is 18.7 Å². The summed E-state index contributed by atoms with van der Waals surface area (Å²) in [6, 6.07) is 1.77. The number of rotatable bonds is 5. The molecule has 0 unspecified atom stereocenters. The molecule has 0 amide bonds. The Kier molecular flexibility index (Phi) is 3.34. The predicted molar refractivity (Wildman–Crippen MR) is 57.8 cm³/mol. The van der Waals surface area contributed by atoms with Crippen molar-refractivity contribution in [3.05, 3.63) is 12.3 Å². The molecule has 0 bridgehead atoms. The first kappa shape index (κ1) is 11.6. The Morgan fingerprint density at radius 2 is 2.20 bits per heavy atom. The van der Waals surface area contributed by atoms with Crippen LogP contribution in [0.4, 0.5) is 5.82 Å². The van der Waals surface area contributed by atoms with E-state index in [1.165, 1.54) is 0 Å². The highest BCUT2D eigenvalue weighted by Crippen LogP contribution is 2.21. The molecule has 5 heteroatoms. The van der Waals surface area contributed by atoms with Gasteiger partial charge in [0.05, 0.1) is 0 Å². The minimum Gasteiger partial charge on any atom is -0.480 e. The van der Waals surface area contributed by atoms with Crippen molar-refractivity contribution in [2.24, 2.45) is 7.05 Å².